The molecule has 1 aromatic heterocycles. The number of rotatable bonds is 11. The van der Waals surface area contributed by atoms with Crippen LogP contribution < -0.4 is 20.2 Å². The van der Waals surface area contributed by atoms with E-state index >= 15 is 0 Å². The number of carbonyl (C=O) groups excluding carboxylic acids is 3. The van der Waals surface area contributed by atoms with Crippen LogP contribution in [0.3, 0.4) is 0 Å². The topological polar surface area (TPSA) is 128 Å². The Hall–Kier alpha value is -5.38. The molecule has 3 aromatic carbocycles. The second kappa shape index (κ2) is 14.2. The summed E-state index contributed by atoms with van der Waals surface area (Å²) in [7, 11) is 1.28. The summed E-state index contributed by atoms with van der Waals surface area (Å²) in [5.74, 6) is 0.271. The van der Waals surface area contributed by atoms with Crippen molar-refractivity contribution in [1.82, 2.24) is 5.43 Å². The van der Waals surface area contributed by atoms with Crippen LogP contribution in [0.5, 0.6) is 11.5 Å². The van der Waals surface area contributed by atoms with E-state index in [-0.39, 0.29) is 23.7 Å². The average molecular weight is 598 g/mol. The van der Waals surface area contributed by atoms with Crippen LogP contribution in [0.15, 0.2) is 88.4 Å². The Morgan fingerprint density at radius 3 is 2.18 bits per heavy atom. The molecule has 1 heterocycles. The first-order valence-corrected chi connectivity index (χ1v) is 14.0. The fourth-order valence-electron chi connectivity index (χ4n) is 4.07. The van der Waals surface area contributed by atoms with Crippen molar-refractivity contribution in [2.45, 2.75) is 39.7 Å². The smallest absolute Gasteiger partial charge is 0.373 e. The highest BCUT2D eigenvalue weighted by atomic mass is 16.5. The van der Waals surface area contributed by atoms with E-state index < -0.39 is 11.9 Å². The SMILES string of the molecule is CCOc1cc(C=NNC(=O)c2ccc(NC(=O)c3ccc(C(C)(C)C)cc3)cc2)ccc1OCc1ccc(C(=O)OC)o1. The number of nitrogens with one attached hydrogen (secondary N) is 2. The first-order valence-electron chi connectivity index (χ1n) is 14.0. The highest BCUT2D eigenvalue weighted by Crippen LogP contribution is 2.29. The van der Waals surface area contributed by atoms with E-state index in [1.807, 2.05) is 19.1 Å². The zero-order valence-electron chi connectivity index (χ0n) is 25.3. The van der Waals surface area contributed by atoms with Gasteiger partial charge in [-0.25, -0.2) is 10.2 Å². The van der Waals surface area contributed by atoms with Gasteiger partial charge in [0, 0.05) is 16.8 Å². The van der Waals surface area contributed by atoms with Crippen molar-refractivity contribution < 1.29 is 33.0 Å². The Kier molecular flexibility index (Phi) is 10.2. The van der Waals surface area contributed by atoms with Crippen molar-refractivity contribution in [3.05, 3.63) is 113 Å². The van der Waals surface area contributed by atoms with E-state index in [4.69, 9.17) is 13.9 Å². The summed E-state index contributed by atoms with van der Waals surface area (Å²) in [6.45, 7) is 8.68. The minimum Gasteiger partial charge on any atom is -0.490 e. The number of hydrogen-bond acceptors (Lipinski definition) is 8. The fraction of sp³-hybridized carbons (Fsp3) is 0.235. The monoisotopic (exact) mass is 597 g/mol. The maximum atomic E-state index is 12.6. The van der Waals surface area contributed by atoms with Gasteiger partial charge in [0.25, 0.3) is 11.8 Å². The molecule has 0 aliphatic carbocycles. The molecular formula is C34H35N3O7. The molecule has 10 nitrogen and oxygen atoms in total. The number of esters is 1. The molecule has 0 unspecified atom stereocenters. The summed E-state index contributed by atoms with van der Waals surface area (Å²) in [6, 6.07) is 22.4. The van der Waals surface area contributed by atoms with Crippen molar-refractivity contribution in [2.75, 3.05) is 19.0 Å². The van der Waals surface area contributed by atoms with Crippen LogP contribution in [-0.4, -0.2) is 37.7 Å². The van der Waals surface area contributed by atoms with Crippen LogP contribution in [0.25, 0.3) is 0 Å². The van der Waals surface area contributed by atoms with Crippen LogP contribution in [0.4, 0.5) is 5.69 Å². The summed E-state index contributed by atoms with van der Waals surface area (Å²) in [5.41, 5.74) is 5.81. The largest absolute Gasteiger partial charge is 0.490 e. The molecule has 0 fully saturated rings. The number of amides is 2. The number of hydrogen-bond donors (Lipinski definition) is 2. The van der Waals surface area contributed by atoms with Gasteiger partial charge in [0.2, 0.25) is 5.76 Å². The summed E-state index contributed by atoms with van der Waals surface area (Å²) in [6.07, 6.45) is 1.49. The van der Waals surface area contributed by atoms with Crippen molar-refractivity contribution in [3.63, 3.8) is 0 Å². The van der Waals surface area contributed by atoms with Gasteiger partial charge in [0.15, 0.2) is 11.5 Å². The van der Waals surface area contributed by atoms with Crippen LogP contribution >= 0.6 is 0 Å². The van der Waals surface area contributed by atoms with E-state index in [1.165, 1.54) is 19.4 Å². The minimum absolute atomic E-state index is 0.00336. The fourth-order valence-corrected chi connectivity index (χ4v) is 4.07. The third-order valence-corrected chi connectivity index (χ3v) is 6.48. The maximum absolute atomic E-state index is 12.6. The number of ether oxygens (including phenoxy) is 3. The lowest BCUT2D eigenvalue weighted by Gasteiger charge is -2.19. The molecule has 2 N–H and O–H groups in total. The third kappa shape index (κ3) is 8.34. The number of hydrazone groups is 1. The van der Waals surface area contributed by atoms with Gasteiger partial charge < -0.3 is 23.9 Å². The molecule has 10 heteroatoms. The van der Waals surface area contributed by atoms with Crippen molar-refractivity contribution in [1.29, 1.82) is 0 Å². The van der Waals surface area contributed by atoms with Crippen LogP contribution in [0, 0.1) is 0 Å². The Morgan fingerprint density at radius 1 is 0.841 bits per heavy atom. The maximum Gasteiger partial charge on any atom is 0.373 e. The second-order valence-corrected chi connectivity index (χ2v) is 10.7. The van der Waals surface area contributed by atoms with E-state index in [0.717, 1.165) is 5.56 Å². The number of benzene rings is 3. The van der Waals surface area contributed by atoms with Crippen molar-refractivity contribution >= 4 is 29.7 Å². The lowest BCUT2D eigenvalue weighted by Crippen LogP contribution is -2.18. The predicted octanol–water partition coefficient (Wildman–Crippen LogP) is 6.36. The number of anilines is 1. The van der Waals surface area contributed by atoms with Gasteiger partial charge in [-0.3, -0.25) is 9.59 Å². The summed E-state index contributed by atoms with van der Waals surface area (Å²) < 4.78 is 21.6. The van der Waals surface area contributed by atoms with Gasteiger partial charge in [-0.2, -0.15) is 5.10 Å². The highest BCUT2D eigenvalue weighted by molar-refractivity contribution is 6.04. The first-order chi connectivity index (χ1) is 21.1. The van der Waals surface area contributed by atoms with Crippen molar-refractivity contribution in [2.24, 2.45) is 5.10 Å². The van der Waals surface area contributed by atoms with Gasteiger partial charge in [0.1, 0.15) is 12.4 Å². The van der Waals surface area contributed by atoms with Crippen LogP contribution in [0.2, 0.25) is 0 Å². The van der Waals surface area contributed by atoms with Crippen LogP contribution in [-0.2, 0) is 16.8 Å². The second-order valence-electron chi connectivity index (χ2n) is 10.7. The predicted molar refractivity (Wildman–Crippen MR) is 167 cm³/mol. The molecule has 228 valence electrons. The Morgan fingerprint density at radius 2 is 1.52 bits per heavy atom. The third-order valence-electron chi connectivity index (χ3n) is 6.48. The van der Waals surface area contributed by atoms with E-state index in [1.54, 1.807) is 60.7 Å². The summed E-state index contributed by atoms with van der Waals surface area (Å²) in [4.78, 5) is 36.8. The Bertz CT molecular complexity index is 1630. The van der Waals surface area contributed by atoms with Gasteiger partial charge in [-0.05, 0) is 90.2 Å². The number of nitrogens with zero attached hydrogens (tertiary/aromatic N) is 1. The molecule has 0 saturated carbocycles. The number of methoxy groups -OCH3 is 1. The molecule has 4 aromatic rings. The molecule has 0 bridgehead atoms. The molecule has 0 radical (unpaired) electrons. The van der Waals surface area contributed by atoms with Crippen molar-refractivity contribution in [3.8, 4) is 11.5 Å². The zero-order chi connectivity index (χ0) is 31.7. The molecule has 2 amide bonds. The normalized spacial score (nSPS) is 11.2. The molecular weight excluding hydrogens is 562 g/mol. The van der Waals surface area contributed by atoms with E-state index in [9.17, 15) is 14.4 Å². The lowest BCUT2D eigenvalue weighted by atomic mass is 9.87. The molecule has 0 spiro atoms. The van der Waals surface area contributed by atoms with Gasteiger partial charge in [0.05, 0.1) is 19.9 Å². The zero-order valence-corrected chi connectivity index (χ0v) is 25.3. The summed E-state index contributed by atoms with van der Waals surface area (Å²) >= 11 is 0. The number of carbonyl (C=O) groups is 3. The molecule has 0 atom stereocenters. The van der Waals surface area contributed by atoms with Gasteiger partial charge >= 0.3 is 5.97 Å². The van der Waals surface area contributed by atoms with E-state index in [2.05, 4.69) is 41.4 Å². The molecule has 44 heavy (non-hydrogen) atoms. The number of furan rings is 1. The highest BCUT2D eigenvalue weighted by Gasteiger charge is 2.15. The quantitative estimate of drug-likeness (QED) is 0.117. The average Bonchev–Trinajstić information content (AvgIpc) is 3.49. The molecule has 4 rings (SSSR count). The molecule has 0 aliphatic heterocycles. The molecule has 0 saturated heterocycles. The molecule has 0 aliphatic rings. The Labute approximate surface area is 256 Å². The Balaban J connectivity index is 1.31. The lowest BCUT2D eigenvalue weighted by molar-refractivity contribution is 0.0560. The van der Waals surface area contributed by atoms with Gasteiger partial charge in [-0.15, -0.1) is 0 Å². The minimum atomic E-state index is -0.568. The first kappa shape index (κ1) is 31.6. The van der Waals surface area contributed by atoms with Crippen LogP contribution in [0.1, 0.15) is 75.9 Å². The standard InChI is InChI=1S/C34H35N3O7/c1-6-42-30-19-22(7-17-28(30)43-21-27-16-18-29(44-27)33(40)41-5)20-35-37-32(39)24-10-14-26(15-11-24)36-31(38)23-8-12-25(13-9-23)34(2,3)4/h7-20H,6,21H2,1-5H3,(H,36,38)(H,37,39). The van der Waals surface area contributed by atoms with Gasteiger partial charge in [-0.1, -0.05) is 32.9 Å². The summed E-state index contributed by atoms with van der Waals surface area (Å²) in [5, 5.41) is 6.90. The van der Waals surface area contributed by atoms with E-state index in [0.29, 0.717) is 46.2 Å².